The summed E-state index contributed by atoms with van der Waals surface area (Å²) in [5.41, 5.74) is 1.04. The van der Waals surface area contributed by atoms with Crippen LogP contribution in [0.15, 0.2) is 30.3 Å². The molecule has 0 bridgehead atoms. The Kier molecular flexibility index (Phi) is 6.28. The number of nitrogens with one attached hydrogen (secondary N) is 2. The Morgan fingerprint density at radius 2 is 1.94 bits per heavy atom. The van der Waals surface area contributed by atoms with Crippen LogP contribution in [-0.4, -0.2) is 29.9 Å². The first-order valence-electron chi connectivity index (χ1n) is 5.71. The van der Waals surface area contributed by atoms with Crippen molar-refractivity contribution in [3.8, 4) is 0 Å². The van der Waals surface area contributed by atoms with Crippen LogP contribution in [0, 0.1) is 0 Å². The summed E-state index contributed by atoms with van der Waals surface area (Å²) < 4.78 is 0. The van der Waals surface area contributed by atoms with Crippen LogP contribution in [0.4, 0.5) is 0 Å². The van der Waals surface area contributed by atoms with Gasteiger partial charge in [0.05, 0.1) is 0 Å². The number of thioether (sulfide) groups is 1. The van der Waals surface area contributed by atoms with E-state index in [1.54, 1.807) is 0 Å². The fourth-order valence-electron chi connectivity index (χ4n) is 1.50. The van der Waals surface area contributed by atoms with Crippen molar-refractivity contribution < 1.29 is 9.59 Å². The van der Waals surface area contributed by atoms with E-state index in [1.165, 1.54) is 18.7 Å². The molecule has 0 aliphatic heterocycles. The highest BCUT2D eigenvalue weighted by Gasteiger charge is 2.18. The molecule has 2 N–H and O–H groups in total. The van der Waals surface area contributed by atoms with Crippen molar-refractivity contribution in [2.75, 3.05) is 12.0 Å². The molecule has 0 saturated carbocycles. The Labute approximate surface area is 112 Å². The number of hydrogen-bond donors (Lipinski definition) is 2. The Bertz CT molecular complexity index is 395. The molecule has 0 radical (unpaired) electrons. The van der Waals surface area contributed by atoms with Gasteiger partial charge in [-0.2, -0.15) is 11.8 Å². The van der Waals surface area contributed by atoms with Crippen molar-refractivity contribution in [1.82, 2.24) is 10.6 Å². The molecule has 0 spiro atoms. The number of rotatable bonds is 6. The zero-order valence-corrected chi connectivity index (χ0v) is 11.4. The van der Waals surface area contributed by atoms with Crippen LogP contribution < -0.4 is 10.6 Å². The Balaban J connectivity index is 2.48. The predicted molar refractivity (Wildman–Crippen MR) is 74.3 cm³/mol. The van der Waals surface area contributed by atoms with Gasteiger partial charge in [-0.3, -0.25) is 9.59 Å². The average Bonchev–Trinajstić information content (AvgIpc) is 2.36. The maximum Gasteiger partial charge on any atom is 0.243 e. The van der Waals surface area contributed by atoms with Crippen LogP contribution in [0.2, 0.25) is 0 Å². The van der Waals surface area contributed by atoms with Crippen molar-refractivity contribution in [1.29, 1.82) is 0 Å². The topological polar surface area (TPSA) is 58.2 Å². The summed E-state index contributed by atoms with van der Waals surface area (Å²) >= 11 is 1.53. The molecule has 1 aromatic carbocycles. The maximum atomic E-state index is 11.9. The van der Waals surface area contributed by atoms with Gasteiger partial charge in [0.25, 0.3) is 0 Å². The van der Waals surface area contributed by atoms with E-state index >= 15 is 0 Å². The van der Waals surface area contributed by atoms with Gasteiger partial charge >= 0.3 is 0 Å². The van der Waals surface area contributed by atoms with Gasteiger partial charge in [0, 0.05) is 19.2 Å². The molecule has 1 rings (SSSR count). The minimum Gasteiger partial charge on any atom is -0.350 e. The van der Waals surface area contributed by atoms with E-state index in [9.17, 15) is 9.59 Å². The van der Waals surface area contributed by atoms with E-state index in [-0.39, 0.29) is 11.8 Å². The average molecular weight is 266 g/mol. The second kappa shape index (κ2) is 7.76. The smallest absolute Gasteiger partial charge is 0.243 e. The molecule has 98 valence electrons. The molecular formula is C13H18N2O2S. The first-order valence-corrected chi connectivity index (χ1v) is 7.10. The monoisotopic (exact) mass is 266 g/mol. The Morgan fingerprint density at radius 3 is 2.50 bits per heavy atom. The van der Waals surface area contributed by atoms with Crippen molar-refractivity contribution in [2.24, 2.45) is 0 Å². The predicted octanol–water partition coefficient (Wildman–Crippen LogP) is 1.17. The largest absolute Gasteiger partial charge is 0.350 e. The molecule has 0 aliphatic carbocycles. The summed E-state index contributed by atoms with van der Waals surface area (Å²) in [4.78, 5) is 22.9. The molecule has 4 nitrogen and oxygen atoms in total. The summed E-state index contributed by atoms with van der Waals surface area (Å²) in [6, 6.07) is 9.20. The van der Waals surface area contributed by atoms with E-state index in [4.69, 9.17) is 0 Å². The highest BCUT2D eigenvalue weighted by atomic mass is 32.2. The third-order valence-corrected chi connectivity index (χ3v) is 3.00. The fourth-order valence-corrected chi connectivity index (χ4v) is 2.07. The molecule has 1 unspecified atom stereocenters. The molecular weight excluding hydrogens is 248 g/mol. The molecule has 0 fully saturated rings. The van der Waals surface area contributed by atoms with Gasteiger partial charge in [-0.25, -0.2) is 0 Å². The number of carbonyl (C=O) groups excluding carboxylic acids is 2. The van der Waals surface area contributed by atoms with E-state index in [2.05, 4.69) is 10.6 Å². The molecule has 0 aliphatic rings. The Hall–Kier alpha value is -1.49. The minimum atomic E-state index is -0.471. The first kappa shape index (κ1) is 14.6. The standard InChI is InChI=1S/C13H18N2O2S/c1-10(16)15-12(9-18-2)13(17)14-8-11-6-4-3-5-7-11/h3-7,12H,8-9H2,1-2H3,(H,14,17)(H,15,16). The summed E-state index contributed by atoms with van der Waals surface area (Å²) in [7, 11) is 0. The zero-order valence-electron chi connectivity index (χ0n) is 10.6. The van der Waals surface area contributed by atoms with E-state index < -0.39 is 6.04 Å². The number of benzene rings is 1. The highest BCUT2D eigenvalue weighted by Crippen LogP contribution is 2.00. The minimum absolute atomic E-state index is 0.150. The van der Waals surface area contributed by atoms with Crippen LogP contribution in [0.3, 0.4) is 0 Å². The van der Waals surface area contributed by atoms with Crippen molar-refractivity contribution in [3.63, 3.8) is 0 Å². The molecule has 0 saturated heterocycles. The van der Waals surface area contributed by atoms with E-state index in [0.717, 1.165) is 5.56 Å². The van der Waals surface area contributed by atoms with Gasteiger partial charge in [0.2, 0.25) is 11.8 Å². The molecule has 18 heavy (non-hydrogen) atoms. The van der Waals surface area contributed by atoms with Crippen molar-refractivity contribution in [2.45, 2.75) is 19.5 Å². The zero-order chi connectivity index (χ0) is 13.4. The number of amides is 2. The SMILES string of the molecule is CSCC(NC(C)=O)C(=O)NCc1ccccc1. The lowest BCUT2D eigenvalue weighted by atomic mass is 10.2. The second-order valence-corrected chi connectivity index (χ2v) is 4.82. The lowest BCUT2D eigenvalue weighted by molar-refractivity contribution is -0.127. The van der Waals surface area contributed by atoms with Crippen molar-refractivity contribution >= 4 is 23.6 Å². The summed E-state index contributed by atoms with van der Waals surface area (Å²) in [5.74, 6) is 0.229. The van der Waals surface area contributed by atoms with Gasteiger partial charge in [0.1, 0.15) is 6.04 Å². The molecule has 0 aromatic heterocycles. The summed E-state index contributed by atoms with van der Waals surface area (Å²) in [6.45, 7) is 1.89. The lowest BCUT2D eigenvalue weighted by Crippen LogP contribution is -2.47. The van der Waals surface area contributed by atoms with Crippen LogP contribution in [-0.2, 0) is 16.1 Å². The van der Waals surface area contributed by atoms with Crippen LogP contribution in [0.1, 0.15) is 12.5 Å². The molecule has 0 heterocycles. The third-order valence-electron chi connectivity index (χ3n) is 2.34. The quantitative estimate of drug-likeness (QED) is 0.812. The van der Waals surface area contributed by atoms with E-state index in [0.29, 0.717) is 12.3 Å². The van der Waals surface area contributed by atoms with Gasteiger partial charge in [-0.15, -0.1) is 0 Å². The third kappa shape index (κ3) is 5.23. The maximum absolute atomic E-state index is 11.9. The summed E-state index contributed by atoms with van der Waals surface area (Å²) in [5, 5.41) is 5.47. The van der Waals surface area contributed by atoms with Gasteiger partial charge < -0.3 is 10.6 Å². The first-order chi connectivity index (χ1) is 8.63. The van der Waals surface area contributed by atoms with Crippen LogP contribution in [0.25, 0.3) is 0 Å². The number of hydrogen-bond acceptors (Lipinski definition) is 3. The van der Waals surface area contributed by atoms with Gasteiger partial charge in [-0.1, -0.05) is 30.3 Å². The lowest BCUT2D eigenvalue weighted by Gasteiger charge is -2.16. The van der Waals surface area contributed by atoms with Crippen LogP contribution >= 0.6 is 11.8 Å². The fraction of sp³-hybridized carbons (Fsp3) is 0.385. The second-order valence-electron chi connectivity index (χ2n) is 3.91. The molecule has 5 heteroatoms. The normalized spacial score (nSPS) is 11.7. The van der Waals surface area contributed by atoms with E-state index in [1.807, 2.05) is 36.6 Å². The van der Waals surface area contributed by atoms with Gasteiger partial charge in [0.15, 0.2) is 0 Å². The van der Waals surface area contributed by atoms with Gasteiger partial charge in [-0.05, 0) is 11.8 Å². The highest BCUT2D eigenvalue weighted by molar-refractivity contribution is 7.98. The molecule has 1 aromatic rings. The molecule has 2 amide bonds. The Morgan fingerprint density at radius 1 is 1.28 bits per heavy atom. The summed E-state index contributed by atoms with van der Waals surface area (Å²) in [6.07, 6.45) is 1.90. The number of carbonyl (C=O) groups is 2. The van der Waals surface area contributed by atoms with Crippen molar-refractivity contribution in [3.05, 3.63) is 35.9 Å². The molecule has 1 atom stereocenters. The van der Waals surface area contributed by atoms with Crippen LogP contribution in [0.5, 0.6) is 0 Å².